The number of esters is 1. The lowest BCUT2D eigenvalue weighted by Gasteiger charge is -2.26. The third-order valence-electron chi connectivity index (χ3n) is 10.4. The zero-order chi connectivity index (χ0) is 35.1. The van der Waals surface area contributed by atoms with E-state index < -0.39 is 23.7 Å². The Labute approximate surface area is 289 Å². The molecular formula is C38H64N2O8. The predicted molar refractivity (Wildman–Crippen MR) is 184 cm³/mol. The number of unbranched alkanes of at least 4 members (excludes halogenated alkanes) is 1. The maximum absolute atomic E-state index is 13.1. The summed E-state index contributed by atoms with van der Waals surface area (Å²) in [5, 5.41) is 0. The number of amides is 4. The van der Waals surface area contributed by atoms with Gasteiger partial charge >= 0.3 is 18.2 Å². The highest BCUT2D eigenvalue weighted by atomic mass is 16.6. The van der Waals surface area contributed by atoms with E-state index in [1.165, 1.54) is 80.4 Å². The summed E-state index contributed by atoms with van der Waals surface area (Å²) in [6.45, 7) is 9.96. The Morgan fingerprint density at radius 3 is 1.77 bits per heavy atom. The van der Waals surface area contributed by atoms with Crippen molar-refractivity contribution in [3.05, 3.63) is 0 Å². The first-order valence-corrected chi connectivity index (χ1v) is 19.1. The third-order valence-corrected chi connectivity index (χ3v) is 10.4. The maximum atomic E-state index is 13.1. The highest BCUT2D eigenvalue weighted by Gasteiger charge is 2.41. The number of nitrogens with zero attached hydrogens (tertiary/aromatic N) is 2. The Balaban J connectivity index is 0.000000275. The van der Waals surface area contributed by atoms with Crippen molar-refractivity contribution in [1.82, 2.24) is 9.80 Å². The maximum Gasteiger partial charge on any atom is 0.416 e. The topological polar surface area (TPSA) is 120 Å². The minimum atomic E-state index is -0.592. The lowest BCUT2D eigenvalue weighted by molar-refractivity contribution is -0.158. The van der Waals surface area contributed by atoms with Crippen LogP contribution in [0.25, 0.3) is 0 Å². The van der Waals surface area contributed by atoms with Gasteiger partial charge in [0.1, 0.15) is 18.8 Å². The molecule has 2 aliphatic carbocycles. The zero-order valence-electron chi connectivity index (χ0n) is 30.6. The number of rotatable bonds is 14. The molecule has 2 aliphatic heterocycles. The van der Waals surface area contributed by atoms with Gasteiger partial charge in [-0.2, -0.15) is 0 Å². The largest absolute Gasteiger partial charge is 0.460 e. The Morgan fingerprint density at radius 1 is 0.750 bits per heavy atom. The molecule has 274 valence electrons. The summed E-state index contributed by atoms with van der Waals surface area (Å²) in [5.74, 6) is 0.347. The van der Waals surface area contributed by atoms with Gasteiger partial charge in [-0.1, -0.05) is 104 Å². The van der Waals surface area contributed by atoms with Crippen LogP contribution in [0.4, 0.5) is 9.59 Å². The molecule has 2 heterocycles. The second-order valence-electron chi connectivity index (χ2n) is 15.4. The molecule has 48 heavy (non-hydrogen) atoms. The number of ether oxygens (including phenoxy) is 3. The molecule has 10 nitrogen and oxygen atoms in total. The average Bonchev–Trinajstić information content (AvgIpc) is 3.63. The van der Waals surface area contributed by atoms with Gasteiger partial charge in [-0.3, -0.25) is 14.4 Å². The van der Waals surface area contributed by atoms with Gasteiger partial charge in [-0.15, -0.1) is 0 Å². The minimum absolute atomic E-state index is 0.0149. The van der Waals surface area contributed by atoms with E-state index in [0.717, 1.165) is 43.9 Å². The van der Waals surface area contributed by atoms with Gasteiger partial charge in [0.15, 0.2) is 0 Å². The van der Waals surface area contributed by atoms with Crippen LogP contribution < -0.4 is 0 Å². The lowest BCUT2D eigenvalue weighted by atomic mass is 9.84. The van der Waals surface area contributed by atoms with E-state index in [-0.39, 0.29) is 42.9 Å². The zero-order valence-corrected chi connectivity index (χ0v) is 30.6. The number of carbonyl (C=O) groups excluding carboxylic acids is 5. The fraction of sp³-hybridized carbons (Fsp3) is 0.868. The van der Waals surface area contributed by atoms with Gasteiger partial charge in [-0.25, -0.2) is 19.4 Å². The number of hydrogen-bond acceptors (Lipinski definition) is 8. The number of cyclic esters (lactones) is 2. The summed E-state index contributed by atoms with van der Waals surface area (Å²) >= 11 is 0. The summed E-state index contributed by atoms with van der Waals surface area (Å²) in [5.41, 5.74) is -0.592. The van der Waals surface area contributed by atoms with E-state index >= 15 is 0 Å². The lowest BCUT2D eigenvalue weighted by Crippen LogP contribution is -2.43. The van der Waals surface area contributed by atoms with Crippen molar-refractivity contribution in [3.63, 3.8) is 0 Å². The van der Waals surface area contributed by atoms with Crippen LogP contribution in [0.2, 0.25) is 0 Å². The monoisotopic (exact) mass is 676 g/mol. The molecule has 3 atom stereocenters. The van der Waals surface area contributed by atoms with Crippen molar-refractivity contribution < 1.29 is 38.2 Å². The van der Waals surface area contributed by atoms with Crippen LogP contribution >= 0.6 is 0 Å². The quantitative estimate of drug-likeness (QED) is 0.102. The molecule has 0 radical (unpaired) electrons. The Hall–Kier alpha value is -2.65. The Kier molecular flexibility index (Phi) is 16.7. The molecule has 0 N–H and O–H groups in total. The first kappa shape index (κ1) is 39.8. The molecule has 0 aromatic rings. The summed E-state index contributed by atoms with van der Waals surface area (Å²) < 4.78 is 15.5. The van der Waals surface area contributed by atoms with Gasteiger partial charge in [0.2, 0.25) is 11.8 Å². The first-order chi connectivity index (χ1) is 22.9. The Morgan fingerprint density at radius 2 is 1.25 bits per heavy atom. The minimum Gasteiger partial charge on any atom is -0.460 e. The van der Waals surface area contributed by atoms with Gasteiger partial charge in [0.25, 0.3) is 0 Å². The molecule has 4 amide bonds. The molecule has 0 aromatic heterocycles. The molecule has 10 heteroatoms. The van der Waals surface area contributed by atoms with Crippen LogP contribution in [0, 0.1) is 17.8 Å². The van der Waals surface area contributed by atoms with Crippen LogP contribution in [-0.2, 0) is 28.6 Å². The van der Waals surface area contributed by atoms with Gasteiger partial charge in [0.05, 0.1) is 18.5 Å². The third kappa shape index (κ3) is 13.0. The summed E-state index contributed by atoms with van der Waals surface area (Å²) in [6.07, 6.45) is 20.0. The van der Waals surface area contributed by atoms with Crippen molar-refractivity contribution in [3.8, 4) is 0 Å². The summed E-state index contributed by atoms with van der Waals surface area (Å²) in [4.78, 5) is 63.8. The van der Waals surface area contributed by atoms with E-state index in [0.29, 0.717) is 25.9 Å². The van der Waals surface area contributed by atoms with Crippen LogP contribution in [0.5, 0.6) is 0 Å². The molecule has 0 unspecified atom stereocenters. The van der Waals surface area contributed by atoms with Crippen molar-refractivity contribution in [2.45, 2.75) is 181 Å². The van der Waals surface area contributed by atoms with Crippen LogP contribution in [0.1, 0.15) is 163 Å². The molecular weight excluding hydrogens is 612 g/mol. The molecule has 4 rings (SSSR count). The first-order valence-electron chi connectivity index (χ1n) is 19.1. The van der Waals surface area contributed by atoms with Crippen LogP contribution in [0.3, 0.4) is 0 Å². The second-order valence-corrected chi connectivity index (χ2v) is 15.4. The van der Waals surface area contributed by atoms with E-state index in [9.17, 15) is 24.0 Å². The molecule has 0 spiro atoms. The fourth-order valence-electron chi connectivity index (χ4n) is 7.63. The molecule has 2 saturated carbocycles. The van der Waals surface area contributed by atoms with E-state index in [4.69, 9.17) is 14.2 Å². The van der Waals surface area contributed by atoms with Crippen LogP contribution in [-0.4, -0.2) is 70.7 Å². The van der Waals surface area contributed by atoms with Gasteiger partial charge < -0.3 is 14.2 Å². The van der Waals surface area contributed by atoms with Gasteiger partial charge in [0, 0.05) is 12.3 Å². The Bertz CT molecular complexity index is 1040. The summed E-state index contributed by atoms with van der Waals surface area (Å²) in [6, 6.07) is -0.284. The highest BCUT2D eigenvalue weighted by molar-refractivity contribution is 5.96. The number of imide groups is 2. The predicted octanol–water partition coefficient (Wildman–Crippen LogP) is 8.73. The molecule has 0 bridgehead atoms. The van der Waals surface area contributed by atoms with Crippen molar-refractivity contribution in [2.24, 2.45) is 17.8 Å². The molecule has 0 aromatic carbocycles. The smallest absolute Gasteiger partial charge is 0.416 e. The summed E-state index contributed by atoms with van der Waals surface area (Å²) in [7, 11) is 0. The second kappa shape index (κ2) is 20.1. The highest BCUT2D eigenvalue weighted by Crippen LogP contribution is 2.31. The molecule has 2 saturated heterocycles. The van der Waals surface area contributed by atoms with Gasteiger partial charge in [-0.05, 0) is 58.3 Å². The SMILES string of the molecule is CC[C@H]1COC(=O)N1C(=O)CCCCC1CCCCC1.CC[C@H]1COC(=O)N1C(=O)[C@H](CCCC1CCCCC1)CC(=O)OC(C)(C)C. The van der Waals surface area contributed by atoms with E-state index in [1.807, 2.05) is 34.6 Å². The van der Waals surface area contributed by atoms with Crippen LogP contribution in [0.15, 0.2) is 0 Å². The number of hydrogen-bond donors (Lipinski definition) is 0. The van der Waals surface area contributed by atoms with E-state index in [1.54, 1.807) is 0 Å². The molecule has 4 fully saturated rings. The van der Waals surface area contributed by atoms with Crippen molar-refractivity contribution in [1.29, 1.82) is 0 Å². The average molecular weight is 677 g/mol. The standard InChI is InChI=1S/C22H37NO5.C16H27NO3/c1-5-18-15-27-21(26)23(18)20(25)17(14-19(24)28-22(2,3)4)13-9-12-16-10-7-6-8-11-16;1-2-14-12-20-16(19)17(14)15(18)11-7-6-10-13-8-4-3-5-9-13/h16-18H,5-15H2,1-4H3;13-14H,2-12H2,1H3/t17-,18+;14-/m10/s1. The van der Waals surface area contributed by atoms with Crippen molar-refractivity contribution >= 4 is 30.0 Å². The number of carbonyl (C=O) groups is 5. The fourth-order valence-corrected chi connectivity index (χ4v) is 7.63. The normalized spacial score (nSPS) is 22.9. The van der Waals surface area contributed by atoms with Crippen molar-refractivity contribution in [2.75, 3.05) is 13.2 Å². The molecule has 4 aliphatic rings. The van der Waals surface area contributed by atoms with E-state index in [2.05, 4.69) is 0 Å².